The Morgan fingerprint density at radius 1 is 1.48 bits per heavy atom. The number of sulfonamides is 1. The van der Waals surface area contributed by atoms with E-state index in [4.69, 9.17) is 5.26 Å². The fraction of sp³-hybridized carbons (Fsp3) is 0. The molecule has 0 aromatic carbocycles. The van der Waals surface area contributed by atoms with Crippen molar-refractivity contribution in [1.29, 1.82) is 5.26 Å². The fourth-order valence-corrected chi connectivity index (χ4v) is 3.58. The van der Waals surface area contributed by atoms with Crippen molar-refractivity contribution in [3.8, 4) is 6.07 Å². The summed E-state index contributed by atoms with van der Waals surface area (Å²) >= 11 is 0.990. The predicted octanol–water partition coefficient (Wildman–Crippen LogP) is 1.83. The lowest BCUT2D eigenvalue weighted by Crippen LogP contribution is -2.14. The lowest BCUT2D eigenvalue weighted by molar-refractivity contribution is 0.598. The van der Waals surface area contributed by atoms with Crippen molar-refractivity contribution in [2.45, 2.75) is 5.03 Å². The molecule has 0 aliphatic heterocycles. The second-order valence-electron chi connectivity index (χ2n) is 3.96. The first-order valence-electron chi connectivity index (χ1n) is 5.52. The van der Waals surface area contributed by atoms with Gasteiger partial charge in [0.2, 0.25) is 0 Å². The first-order valence-corrected chi connectivity index (χ1v) is 7.84. The molecule has 3 aromatic rings. The zero-order valence-electron chi connectivity index (χ0n) is 10.2. The number of rotatable bonds is 3. The summed E-state index contributed by atoms with van der Waals surface area (Å²) in [7, 11) is -3.91. The third-order valence-corrected chi connectivity index (χ3v) is 4.62. The summed E-state index contributed by atoms with van der Waals surface area (Å²) in [5.74, 6) is -0.805. The summed E-state index contributed by atoms with van der Waals surface area (Å²) in [6.07, 6.45) is 2.14. The fourth-order valence-electron chi connectivity index (χ4n) is 1.79. The van der Waals surface area contributed by atoms with E-state index in [0.717, 1.165) is 17.7 Å². The van der Waals surface area contributed by atoms with Gasteiger partial charge >= 0.3 is 0 Å². The van der Waals surface area contributed by atoms with Gasteiger partial charge in [-0.15, -0.1) is 0 Å². The van der Waals surface area contributed by atoms with Crippen molar-refractivity contribution in [3.05, 3.63) is 35.2 Å². The van der Waals surface area contributed by atoms with Crippen LogP contribution in [0.1, 0.15) is 5.56 Å². The van der Waals surface area contributed by atoms with Gasteiger partial charge < -0.3 is 4.98 Å². The van der Waals surface area contributed by atoms with Crippen LogP contribution in [-0.2, 0) is 10.0 Å². The molecule has 0 aliphatic carbocycles. The van der Waals surface area contributed by atoms with Gasteiger partial charge in [0.25, 0.3) is 10.0 Å². The number of H-pyrrole nitrogens is 1. The molecule has 7 nitrogen and oxygen atoms in total. The van der Waals surface area contributed by atoms with Crippen molar-refractivity contribution in [2.75, 3.05) is 4.72 Å². The molecule has 106 valence electrons. The Balaban J connectivity index is 2.13. The molecule has 0 saturated carbocycles. The van der Waals surface area contributed by atoms with Crippen LogP contribution in [0.25, 0.3) is 10.9 Å². The van der Waals surface area contributed by atoms with Crippen LogP contribution in [0.4, 0.5) is 10.2 Å². The molecule has 0 unspecified atom stereocenters. The zero-order valence-corrected chi connectivity index (χ0v) is 11.8. The number of anilines is 1. The minimum atomic E-state index is -3.91. The average molecular weight is 323 g/mol. The summed E-state index contributed by atoms with van der Waals surface area (Å²) in [6, 6.07) is 3.16. The first kappa shape index (κ1) is 13.5. The number of hydrogen-bond donors (Lipinski definition) is 2. The number of pyridine rings is 1. The highest BCUT2D eigenvalue weighted by Gasteiger charge is 2.21. The summed E-state index contributed by atoms with van der Waals surface area (Å²) in [6.45, 7) is 0. The molecule has 0 spiro atoms. The van der Waals surface area contributed by atoms with Crippen LogP contribution in [0.15, 0.2) is 28.9 Å². The number of aromatic nitrogens is 3. The Morgan fingerprint density at radius 3 is 2.95 bits per heavy atom. The molecule has 0 atom stereocenters. The van der Waals surface area contributed by atoms with Gasteiger partial charge in [-0.3, -0.25) is 4.72 Å². The average Bonchev–Trinajstić information content (AvgIpc) is 3.10. The number of aromatic amines is 1. The number of fused-ring (bicyclic) bond motifs is 1. The van der Waals surface area contributed by atoms with E-state index in [1.54, 1.807) is 0 Å². The van der Waals surface area contributed by atoms with Gasteiger partial charge in [-0.1, -0.05) is 0 Å². The van der Waals surface area contributed by atoms with Gasteiger partial charge in [0.05, 0.1) is 22.7 Å². The maximum Gasteiger partial charge on any atom is 0.281 e. The molecule has 2 N–H and O–H groups in total. The van der Waals surface area contributed by atoms with E-state index < -0.39 is 15.8 Å². The third-order valence-electron chi connectivity index (χ3n) is 2.70. The van der Waals surface area contributed by atoms with Crippen molar-refractivity contribution >= 4 is 38.3 Å². The second-order valence-corrected chi connectivity index (χ2v) is 6.26. The van der Waals surface area contributed by atoms with Crippen molar-refractivity contribution in [3.63, 3.8) is 0 Å². The predicted molar refractivity (Wildman–Crippen MR) is 73.7 cm³/mol. The Morgan fingerprint density at radius 2 is 2.29 bits per heavy atom. The van der Waals surface area contributed by atoms with E-state index in [9.17, 15) is 12.8 Å². The van der Waals surface area contributed by atoms with Crippen LogP contribution in [-0.4, -0.2) is 22.8 Å². The number of hydrogen-bond acceptors (Lipinski definition) is 6. The van der Waals surface area contributed by atoms with Crippen LogP contribution in [0, 0.1) is 17.1 Å². The van der Waals surface area contributed by atoms with Crippen LogP contribution < -0.4 is 4.72 Å². The minimum absolute atomic E-state index is 0.0107. The van der Waals surface area contributed by atoms with E-state index in [2.05, 4.69) is 19.1 Å². The van der Waals surface area contributed by atoms with E-state index in [-0.39, 0.29) is 27.3 Å². The van der Waals surface area contributed by atoms with E-state index in [1.807, 2.05) is 6.07 Å². The highest BCUT2D eigenvalue weighted by atomic mass is 32.2. The standard InChI is InChI=1S/C11H6FN5O2S2/c12-7-5-15-11(10-9(7)6(3-13)4-14-10)17-21(18,19)8-1-2-20-16-8/h1-2,4-5,14H,(H,15,17). The number of halogens is 1. The van der Waals surface area contributed by atoms with Gasteiger partial charge in [-0.2, -0.15) is 18.1 Å². The number of nitrogens with zero attached hydrogens (tertiary/aromatic N) is 3. The Hall–Kier alpha value is -2.51. The van der Waals surface area contributed by atoms with E-state index >= 15 is 0 Å². The van der Waals surface area contributed by atoms with Gasteiger partial charge in [0, 0.05) is 11.6 Å². The number of nitrogens with one attached hydrogen (secondary N) is 2. The SMILES string of the molecule is N#Cc1c[nH]c2c(NS(=O)(=O)c3ccsn3)ncc(F)c12. The van der Waals surface area contributed by atoms with E-state index in [1.165, 1.54) is 17.6 Å². The first-order chi connectivity index (χ1) is 10.0. The molecule has 0 radical (unpaired) electrons. The Kier molecular flexibility index (Phi) is 3.08. The van der Waals surface area contributed by atoms with Crippen molar-refractivity contribution in [1.82, 2.24) is 14.3 Å². The summed E-state index contributed by atoms with van der Waals surface area (Å²) in [5.41, 5.74) is 0.171. The van der Waals surface area contributed by atoms with Gasteiger partial charge in [-0.25, -0.2) is 9.37 Å². The second kappa shape index (κ2) is 4.80. The molecular weight excluding hydrogens is 317 g/mol. The monoisotopic (exact) mass is 323 g/mol. The normalized spacial score (nSPS) is 11.4. The van der Waals surface area contributed by atoms with Crippen molar-refractivity contribution in [2.24, 2.45) is 0 Å². The highest BCUT2D eigenvalue weighted by molar-refractivity contribution is 7.92. The molecule has 21 heavy (non-hydrogen) atoms. The van der Waals surface area contributed by atoms with Gasteiger partial charge in [0.15, 0.2) is 16.7 Å². The molecule has 0 amide bonds. The molecular formula is C11H6FN5O2S2. The van der Waals surface area contributed by atoms with Crippen LogP contribution >= 0.6 is 11.5 Å². The Labute approximate surface area is 122 Å². The molecule has 3 heterocycles. The summed E-state index contributed by atoms with van der Waals surface area (Å²) in [4.78, 5) is 6.37. The topological polar surface area (TPSA) is 112 Å². The van der Waals surface area contributed by atoms with Crippen LogP contribution in [0.3, 0.4) is 0 Å². The zero-order chi connectivity index (χ0) is 15.0. The minimum Gasteiger partial charge on any atom is -0.357 e. The van der Waals surface area contributed by atoms with Gasteiger partial charge in [0.1, 0.15) is 6.07 Å². The number of nitriles is 1. The van der Waals surface area contributed by atoms with Crippen molar-refractivity contribution < 1.29 is 12.8 Å². The molecule has 10 heteroatoms. The molecule has 0 aliphatic rings. The molecule has 0 bridgehead atoms. The van der Waals surface area contributed by atoms with Gasteiger partial charge in [-0.05, 0) is 17.6 Å². The van der Waals surface area contributed by atoms with Crippen LogP contribution in [0.5, 0.6) is 0 Å². The molecule has 0 fully saturated rings. The molecule has 3 rings (SSSR count). The third kappa shape index (κ3) is 2.22. The van der Waals surface area contributed by atoms with E-state index in [0.29, 0.717) is 0 Å². The lowest BCUT2D eigenvalue weighted by Gasteiger charge is -2.06. The highest BCUT2D eigenvalue weighted by Crippen LogP contribution is 2.27. The Bertz CT molecular complexity index is 957. The maximum atomic E-state index is 13.7. The summed E-state index contributed by atoms with van der Waals surface area (Å²) < 4.78 is 43.9. The molecule has 0 saturated heterocycles. The largest absolute Gasteiger partial charge is 0.357 e. The molecule has 3 aromatic heterocycles. The smallest absolute Gasteiger partial charge is 0.281 e. The maximum absolute atomic E-state index is 13.7. The quantitative estimate of drug-likeness (QED) is 0.763. The summed E-state index contributed by atoms with van der Waals surface area (Å²) in [5, 5.41) is 10.3. The van der Waals surface area contributed by atoms with Crippen LogP contribution in [0.2, 0.25) is 0 Å². The lowest BCUT2D eigenvalue weighted by atomic mass is 10.2.